The number of phenolic OH excluding ortho intramolecular Hbond substituents is 1. The van der Waals surface area contributed by atoms with E-state index >= 15 is 0 Å². The molecule has 0 saturated heterocycles. The number of phenols is 1. The third-order valence-electron chi connectivity index (χ3n) is 3.85. The summed E-state index contributed by atoms with van der Waals surface area (Å²) < 4.78 is 0. The number of nitrogens with two attached hydrogens (primary N) is 1. The average Bonchev–Trinajstić information content (AvgIpc) is 2.69. The first-order valence-corrected chi connectivity index (χ1v) is 8.54. The first-order valence-electron chi connectivity index (χ1n) is 8.54. The second-order valence-electron chi connectivity index (χ2n) is 5.77. The Morgan fingerprint density at radius 1 is 0.923 bits per heavy atom. The molecular formula is C22H24N2O2. The molecule has 0 aliphatic heterocycles. The Bertz CT molecular complexity index is 818. The van der Waals surface area contributed by atoms with Crippen molar-refractivity contribution in [1.82, 2.24) is 0 Å². The topological polar surface area (TPSA) is 75.3 Å². The number of hydrogen-bond acceptors (Lipinski definition) is 3. The van der Waals surface area contributed by atoms with Gasteiger partial charge in [-0.15, -0.1) is 0 Å². The fraction of sp³-hybridized carbons (Fsp3) is 0.136. The second-order valence-corrected chi connectivity index (χ2v) is 5.77. The van der Waals surface area contributed by atoms with Crippen LogP contribution in [0.5, 0.6) is 5.75 Å². The molecular weight excluding hydrogens is 324 g/mol. The van der Waals surface area contributed by atoms with Crippen LogP contribution >= 0.6 is 0 Å². The van der Waals surface area contributed by atoms with E-state index < -0.39 is 0 Å². The van der Waals surface area contributed by atoms with Gasteiger partial charge in [-0.2, -0.15) is 0 Å². The Hall–Kier alpha value is -3.27. The van der Waals surface area contributed by atoms with Crippen molar-refractivity contribution in [3.8, 4) is 5.75 Å². The van der Waals surface area contributed by atoms with Crippen molar-refractivity contribution in [2.75, 3.05) is 5.32 Å². The molecule has 26 heavy (non-hydrogen) atoms. The van der Waals surface area contributed by atoms with E-state index in [9.17, 15) is 9.90 Å². The molecule has 0 fully saturated rings. The lowest BCUT2D eigenvalue weighted by atomic mass is 10.1. The smallest absolute Gasteiger partial charge is 0.248 e. The Morgan fingerprint density at radius 2 is 1.54 bits per heavy atom. The maximum Gasteiger partial charge on any atom is 0.248 e. The fourth-order valence-electron chi connectivity index (χ4n) is 2.34. The summed E-state index contributed by atoms with van der Waals surface area (Å²) in [5, 5.41) is 13.1. The Balaban J connectivity index is 0.000000228. The van der Waals surface area contributed by atoms with Crippen LogP contribution in [0.15, 0.2) is 78.9 Å². The number of nitrogens with one attached hydrogen (secondary N) is 1. The van der Waals surface area contributed by atoms with Crippen molar-refractivity contribution in [1.29, 1.82) is 0 Å². The Morgan fingerprint density at radius 3 is 2.04 bits per heavy atom. The van der Waals surface area contributed by atoms with Crippen molar-refractivity contribution >= 4 is 11.6 Å². The van der Waals surface area contributed by atoms with Crippen LogP contribution in [-0.4, -0.2) is 11.0 Å². The van der Waals surface area contributed by atoms with E-state index in [-0.39, 0.29) is 5.91 Å². The predicted molar refractivity (Wildman–Crippen MR) is 106 cm³/mol. The van der Waals surface area contributed by atoms with Gasteiger partial charge in [0.25, 0.3) is 0 Å². The standard InChI is InChI=1S/C15H17NO.C7H7NO/c1-2-12-8-9-14(15(17)10-12)16-11-13-6-4-3-5-7-13;8-7(9)6-4-2-1-3-5-6/h3-10,16-17H,2,11H2,1H3;1-5H,(H2,8,9). The van der Waals surface area contributed by atoms with Crippen molar-refractivity contribution in [2.24, 2.45) is 5.73 Å². The summed E-state index contributed by atoms with van der Waals surface area (Å²) in [4.78, 5) is 10.4. The van der Waals surface area contributed by atoms with E-state index in [1.165, 1.54) is 5.56 Å². The van der Waals surface area contributed by atoms with Crippen LogP contribution in [0.1, 0.15) is 28.4 Å². The predicted octanol–water partition coefficient (Wildman–Crippen LogP) is 4.35. The van der Waals surface area contributed by atoms with Crippen molar-refractivity contribution in [3.63, 3.8) is 0 Å². The van der Waals surface area contributed by atoms with Gasteiger partial charge >= 0.3 is 0 Å². The highest BCUT2D eigenvalue weighted by Crippen LogP contribution is 2.24. The zero-order chi connectivity index (χ0) is 18.8. The number of primary amides is 1. The minimum Gasteiger partial charge on any atom is -0.506 e. The molecule has 0 aromatic heterocycles. The van der Waals surface area contributed by atoms with Gasteiger partial charge in [0.1, 0.15) is 5.75 Å². The summed E-state index contributed by atoms with van der Waals surface area (Å²) in [6.07, 6.45) is 0.937. The number of hydrogen-bond donors (Lipinski definition) is 3. The highest BCUT2D eigenvalue weighted by atomic mass is 16.3. The quantitative estimate of drug-likeness (QED) is 0.600. The van der Waals surface area contributed by atoms with Gasteiger partial charge in [-0.25, -0.2) is 0 Å². The molecule has 0 atom stereocenters. The molecule has 3 aromatic carbocycles. The Kier molecular flexibility index (Phi) is 7.25. The van der Waals surface area contributed by atoms with Gasteiger partial charge in [0, 0.05) is 12.1 Å². The molecule has 0 saturated carbocycles. The first-order chi connectivity index (χ1) is 12.6. The normalized spacial score (nSPS) is 9.73. The summed E-state index contributed by atoms with van der Waals surface area (Å²) in [5.74, 6) is -0.0594. The molecule has 0 spiro atoms. The van der Waals surface area contributed by atoms with Gasteiger partial charge < -0.3 is 16.2 Å². The molecule has 3 rings (SSSR count). The fourth-order valence-corrected chi connectivity index (χ4v) is 2.34. The molecule has 0 aliphatic rings. The highest BCUT2D eigenvalue weighted by molar-refractivity contribution is 5.92. The molecule has 4 N–H and O–H groups in total. The van der Waals surface area contributed by atoms with E-state index in [0.29, 0.717) is 11.3 Å². The van der Waals surface area contributed by atoms with Crippen LogP contribution in [0.2, 0.25) is 0 Å². The van der Waals surface area contributed by atoms with Crippen LogP contribution in [0.4, 0.5) is 5.69 Å². The van der Waals surface area contributed by atoms with E-state index in [4.69, 9.17) is 5.73 Å². The number of benzene rings is 3. The molecule has 0 radical (unpaired) electrons. The van der Waals surface area contributed by atoms with Crippen LogP contribution < -0.4 is 11.1 Å². The summed E-state index contributed by atoms with van der Waals surface area (Å²) in [6.45, 7) is 2.80. The van der Waals surface area contributed by atoms with Crippen molar-refractivity contribution in [3.05, 3.63) is 95.6 Å². The zero-order valence-electron chi connectivity index (χ0n) is 14.9. The monoisotopic (exact) mass is 348 g/mol. The van der Waals surface area contributed by atoms with Gasteiger partial charge in [0.2, 0.25) is 5.91 Å². The summed E-state index contributed by atoms with van der Waals surface area (Å²) >= 11 is 0. The number of aryl methyl sites for hydroxylation is 1. The minimum atomic E-state index is -0.379. The van der Waals surface area contributed by atoms with E-state index in [1.807, 2.05) is 42.5 Å². The van der Waals surface area contributed by atoms with Crippen LogP contribution in [0, 0.1) is 0 Å². The van der Waals surface area contributed by atoms with Gasteiger partial charge in [0.05, 0.1) is 5.69 Å². The molecule has 3 aromatic rings. The van der Waals surface area contributed by atoms with Crippen LogP contribution in [-0.2, 0) is 13.0 Å². The molecule has 134 valence electrons. The van der Waals surface area contributed by atoms with Gasteiger partial charge in [0.15, 0.2) is 0 Å². The lowest BCUT2D eigenvalue weighted by Crippen LogP contribution is -2.09. The van der Waals surface area contributed by atoms with E-state index in [1.54, 1.807) is 24.3 Å². The Labute approximate surface area is 154 Å². The van der Waals surface area contributed by atoms with Crippen molar-refractivity contribution < 1.29 is 9.90 Å². The number of carbonyl (C=O) groups excluding carboxylic acids is 1. The van der Waals surface area contributed by atoms with Crippen molar-refractivity contribution in [2.45, 2.75) is 19.9 Å². The minimum absolute atomic E-state index is 0.320. The molecule has 4 nitrogen and oxygen atoms in total. The highest BCUT2D eigenvalue weighted by Gasteiger charge is 2.01. The zero-order valence-corrected chi connectivity index (χ0v) is 14.9. The number of aromatic hydroxyl groups is 1. The number of rotatable bonds is 5. The molecule has 4 heteroatoms. The first kappa shape index (κ1) is 19.1. The largest absolute Gasteiger partial charge is 0.506 e. The van der Waals surface area contributed by atoms with Gasteiger partial charge in [-0.3, -0.25) is 4.79 Å². The van der Waals surface area contributed by atoms with E-state index in [2.05, 4.69) is 24.4 Å². The van der Waals surface area contributed by atoms with E-state index in [0.717, 1.165) is 24.2 Å². The van der Waals surface area contributed by atoms with Crippen LogP contribution in [0.3, 0.4) is 0 Å². The summed E-state index contributed by atoms with van der Waals surface area (Å²) in [5.41, 5.74) is 8.66. The molecule has 0 aliphatic carbocycles. The number of amides is 1. The second kappa shape index (κ2) is 9.89. The number of carbonyl (C=O) groups is 1. The maximum atomic E-state index is 10.4. The lowest BCUT2D eigenvalue weighted by molar-refractivity contribution is 0.100. The number of anilines is 1. The molecule has 1 amide bonds. The third kappa shape index (κ3) is 5.98. The third-order valence-corrected chi connectivity index (χ3v) is 3.85. The molecule has 0 heterocycles. The molecule has 0 bridgehead atoms. The summed E-state index contributed by atoms with van der Waals surface area (Å²) in [7, 11) is 0. The van der Waals surface area contributed by atoms with Gasteiger partial charge in [-0.05, 0) is 41.8 Å². The SMILES string of the molecule is CCc1ccc(NCc2ccccc2)c(O)c1.NC(=O)c1ccccc1. The maximum absolute atomic E-state index is 10.4. The van der Waals surface area contributed by atoms with Gasteiger partial charge in [-0.1, -0.05) is 61.5 Å². The summed E-state index contributed by atoms with van der Waals surface area (Å²) in [6, 6.07) is 24.7. The molecule has 0 unspecified atom stereocenters. The average molecular weight is 348 g/mol. The lowest BCUT2D eigenvalue weighted by Gasteiger charge is -2.09. The van der Waals surface area contributed by atoms with Crippen LogP contribution in [0.25, 0.3) is 0 Å².